The molecule has 0 aliphatic heterocycles. The molecule has 1 aromatic carbocycles. The number of aromatic nitrogens is 1. The minimum atomic E-state index is 0.112. The minimum Gasteiger partial charge on any atom is -0.336 e. The zero-order chi connectivity index (χ0) is 18.1. The maximum atomic E-state index is 5.87. The van der Waals surface area contributed by atoms with Gasteiger partial charge in [-0.1, -0.05) is 65.7 Å². The molecular formula is C23H29N. The number of hydrogen-bond acceptors (Lipinski definition) is 0. The third kappa shape index (κ3) is 3.52. The Bertz CT molecular complexity index is 782. The number of terminal acetylenes is 1. The van der Waals surface area contributed by atoms with Crippen molar-refractivity contribution in [2.45, 2.75) is 60.9 Å². The van der Waals surface area contributed by atoms with Crippen LogP contribution in [0.3, 0.4) is 0 Å². The topological polar surface area (TPSA) is 4.93 Å². The highest BCUT2D eigenvalue weighted by Crippen LogP contribution is 2.43. The molecule has 24 heavy (non-hydrogen) atoms. The molecule has 0 aliphatic carbocycles. The van der Waals surface area contributed by atoms with Crippen molar-refractivity contribution in [1.29, 1.82) is 0 Å². The Kier molecular flexibility index (Phi) is 4.87. The summed E-state index contributed by atoms with van der Waals surface area (Å²) in [6.45, 7) is 15.9. The second-order valence-corrected chi connectivity index (χ2v) is 8.78. The Morgan fingerprint density at radius 3 is 2.42 bits per heavy atom. The number of fused-ring (bicyclic) bond motifs is 1. The van der Waals surface area contributed by atoms with E-state index in [1.54, 1.807) is 0 Å². The molecule has 1 heterocycles. The van der Waals surface area contributed by atoms with E-state index in [0.717, 1.165) is 28.6 Å². The lowest BCUT2D eigenvalue weighted by atomic mass is 9.76. The maximum Gasteiger partial charge on any atom is 0.0663 e. The van der Waals surface area contributed by atoms with Crippen molar-refractivity contribution < 1.29 is 0 Å². The molecule has 0 bridgehead atoms. The summed E-state index contributed by atoms with van der Waals surface area (Å²) in [6, 6.07) is 10.7. The highest BCUT2D eigenvalue weighted by Gasteiger charge is 2.33. The average Bonchev–Trinajstić information content (AvgIpc) is 2.76. The molecule has 0 radical (unpaired) electrons. The first-order chi connectivity index (χ1) is 11.1. The predicted octanol–water partition coefficient (Wildman–Crippen LogP) is 6.28. The fraction of sp³-hybridized carbons (Fsp3) is 0.478. The van der Waals surface area contributed by atoms with Crippen LogP contribution in [0.5, 0.6) is 0 Å². The van der Waals surface area contributed by atoms with E-state index in [-0.39, 0.29) is 10.8 Å². The summed E-state index contributed by atoms with van der Waals surface area (Å²) in [5, 5.41) is 0.997. The van der Waals surface area contributed by atoms with Gasteiger partial charge in [-0.25, -0.2) is 0 Å². The summed E-state index contributed by atoms with van der Waals surface area (Å²) in [4.78, 5) is 0. The summed E-state index contributed by atoms with van der Waals surface area (Å²) in [6.07, 6.45) is 11.1. The lowest BCUT2D eigenvalue weighted by molar-refractivity contribution is 0.174. The molecule has 1 heteroatoms. The van der Waals surface area contributed by atoms with E-state index in [2.05, 4.69) is 82.4 Å². The van der Waals surface area contributed by atoms with Gasteiger partial charge < -0.3 is 4.57 Å². The lowest BCUT2D eigenvalue weighted by Crippen LogP contribution is -2.29. The Labute approximate surface area is 147 Å². The molecule has 1 unspecified atom stereocenters. The van der Waals surface area contributed by atoms with E-state index >= 15 is 0 Å². The van der Waals surface area contributed by atoms with Gasteiger partial charge in [0.2, 0.25) is 0 Å². The van der Waals surface area contributed by atoms with E-state index in [0.29, 0.717) is 6.04 Å². The largest absolute Gasteiger partial charge is 0.336 e. The van der Waals surface area contributed by atoms with Crippen LogP contribution in [-0.2, 0) is 0 Å². The highest BCUT2D eigenvalue weighted by molar-refractivity contribution is 5.90. The van der Waals surface area contributed by atoms with Gasteiger partial charge in [-0.3, -0.25) is 0 Å². The fourth-order valence-corrected chi connectivity index (χ4v) is 3.32. The molecule has 1 atom stereocenters. The van der Waals surface area contributed by atoms with Crippen LogP contribution in [0.15, 0.2) is 18.2 Å². The van der Waals surface area contributed by atoms with Crippen LogP contribution in [0.1, 0.15) is 72.2 Å². The second kappa shape index (κ2) is 6.41. The van der Waals surface area contributed by atoms with Crippen molar-refractivity contribution in [2.24, 2.45) is 10.8 Å². The molecule has 2 rings (SSSR count). The van der Waals surface area contributed by atoms with Crippen molar-refractivity contribution in [3.05, 3.63) is 41.6 Å². The van der Waals surface area contributed by atoms with Gasteiger partial charge in [-0.2, -0.15) is 0 Å². The van der Waals surface area contributed by atoms with Crippen LogP contribution in [0, 0.1) is 35.3 Å². The average molecular weight is 319 g/mol. The van der Waals surface area contributed by atoms with E-state index in [1.807, 2.05) is 13.0 Å². The Hall–Kier alpha value is -2.12. The standard InChI is InChI=1S/C23H29N/c1-9-13-19-17(10-2)18-14-11-12-15-20(18)24(19)21(23(6,7)8)16-22(3,4)5/h2,9,12-13,15,21H,16H2,1,3-8H3/b13-9-. The van der Waals surface area contributed by atoms with Gasteiger partial charge in [0.05, 0.1) is 22.2 Å². The van der Waals surface area contributed by atoms with E-state index in [1.165, 1.54) is 0 Å². The molecule has 0 saturated heterocycles. The van der Waals surface area contributed by atoms with Crippen molar-refractivity contribution >= 4 is 17.0 Å². The molecule has 0 spiro atoms. The number of nitrogens with zero attached hydrogens (tertiary/aromatic N) is 1. The summed E-state index contributed by atoms with van der Waals surface area (Å²) >= 11 is 0. The van der Waals surface area contributed by atoms with E-state index in [4.69, 9.17) is 6.42 Å². The molecule has 0 aliphatic rings. The van der Waals surface area contributed by atoms with Crippen molar-refractivity contribution in [2.75, 3.05) is 0 Å². The second-order valence-electron chi connectivity index (χ2n) is 8.78. The first-order valence-electron chi connectivity index (χ1n) is 8.65. The van der Waals surface area contributed by atoms with Gasteiger partial charge in [0.25, 0.3) is 0 Å². The number of rotatable bonds is 3. The molecule has 0 fully saturated rings. The molecule has 1 aromatic heterocycles. The van der Waals surface area contributed by atoms with Crippen molar-refractivity contribution in [3.63, 3.8) is 0 Å². The summed E-state index contributed by atoms with van der Waals surface area (Å²) < 4.78 is 2.43. The predicted molar refractivity (Wildman–Crippen MR) is 105 cm³/mol. The molecule has 0 amide bonds. The summed E-state index contributed by atoms with van der Waals surface area (Å²) in [5.41, 5.74) is 3.51. The van der Waals surface area contributed by atoms with Crippen LogP contribution in [0.2, 0.25) is 0 Å². The third-order valence-electron chi connectivity index (χ3n) is 4.39. The minimum absolute atomic E-state index is 0.112. The van der Waals surface area contributed by atoms with Crippen LogP contribution < -0.4 is 0 Å². The number of allylic oxidation sites excluding steroid dienone is 1. The highest BCUT2D eigenvalue weighted by atomic mass is 15.0. The SMILES string of the molecule is C#Cc1c(/C=C\C)n(C(CC(C)(C)C)C(C)(C)C)c2ccc#cc12. The van der Waals surface area contributed by atoms with E-state index in [9.17, 15) is 0 Å². The smallest absolute Gasteiger partial charge is 0.0663 e. The fourth-order valence-electron chi connectivity index (χ4n) is 3.32. The van der Waals surface area contributed by atoms with Gasteiger partial charge in [0.15, 0.2) is 0 Å². The van der Waals surface area contributed by atoms with Crippen LogP contribution in [0.25, 0.3) is 17.0 Å². The molecular weight excluding hydrogens is 290 g/mol. The molecule has 0 N–H and O–H groups in total. The van der Waals surface area contributed by atoms with Gasteiger partial charge >= 0.3 is 0 Å². The zero-order valence-corrected chi connectivity index (χ0v) is 16.1. The first-order valence-corrected chi connectivity index (χ1v) is 8.65. The van der Waals surface area contributed by atoms with Gasteiger partial charge in [0.1, 0.15) is 0 Å². The van der Waals surface area contributed by atoms with E-state index < -0.39 is 0 Å². The Balaban J connectivity index is 2.86. The quantitative estimate of drug-likeness (QED) is 0.587. The van der Waals surface area contributed by atoms with Gasteiger partial charge in [-0.05, 0) is 42.4 Å². The monoisotopic (exact) mass is 319 g/mol. The van der Waals surface area contributed by atoms with Gasteiger partial charge in [0, 0.05) is 6.04 Å². The van der Waals surface area contributed by atoms with Crippen molar-refractivity contribution in [3.8, 4) is 12.3 Å². The van der Waals surface area contributed by atoms with Crippen LogP contribution in [-0.4, -0.2) is 4.57 Å². The van der Waals surface area contributed by atoms with Crippen molar-refractivity contribution in [1.82, 2.24) is 4.57 Å². The van der Waals surface area contributed by atoms with Crippen LogP contribution >= 0.6 is 0 Å². The molecule has 2 aromatic rings. The zero-order valence-electron chi connectivity index (χ0n) is 16.1. The molecule has 1 nitrogen and oxygen atoms in total. The summed E-state index contributed by atoms with van der Waals surface area (Å²) in [7, 11) is 0. The summed E-state index contributed by atoms with van der Waals surface area (Å²) in [5.74, 6) is 2.89. The van der Waals surface area contributed by atoms with Gasteiger partial charge in [-0.15, -0.1) is 6.42 Å². The maximum absolute atomic E-state index is 5.87. The van der Waals surface area contributed by atoms with Crippen LogP contribution in [0.4, 0.5) is 0 Å². The first kappa shape index (κ1) is 18.2. The third-order valence-corrected chi connectivity index (χ3v) is 4.39. The molecule has 126 valence electrons. The Morgan fingerprint density at radius 2 is 1.92 bits per heavy atom. The number of hydrogen-bond donors (Lipinski definition) is 0. The normalized spacial score (nSPS) is 13.9. The lowest BCUT2D eigenvalue weighted by Gasteiger charge is -2.38. The Morgan fingerprint density at radius 1 is 1.25 bits per heavy atom. The molecule has 0 saturated carbocycles.